The number of carbonyl (C=O) groups is 1. The van der Waals surface area contributed by atoms with Crippen LogP contribution in [0.15, 0.2) is 121 Å². The van der Waals surface area contributed by atoms with E-state index in [9.17, 15) is 4.79 Å². The molecule has 0 spiro atoms. The third-order valence-corrected chi connectivity index (χ3v) is 5.89. The lowest BCUT2D eigenvalue weighted by Gasteiger charge is -2.39. The van der Waals surface area contributed by atoms with Crippen molar-refractivity contribution < 1.29 is 14.3 Å². The number of carbonyl (C=O) groups excluding carboxylic acids is 1. The first-order valence-corrected chi connectivity index (χ1v) is 11.4. The minimum atomic E-state index is -0.793. The van der Waals surface area contributed by atoms with Gasteiger partial charge in [0, 0.05) is 0 Å². The van der Waals surface area contributed by atoms with E-state index in [0.29, 0.717) is 6.61 Å². The molecule has 1 N–H and O–H groups in total. The third-order valence-electron chi connectivity index (χ3n) is 5.89. The number of benzene rings is 4. The first-order valence-electron chi connectivity index (χ1n) is 11.4. The number of ether oxygens (including phenoxy) is 2. The SMILES string of the molecule is COC(=O)[C@H](COCc1ccccc1)NC(c1ccccc1)(c1ccccc1)c1ccccc1. The van der Waals surface area contributed by atoms with Gasteiger partial charge in [0.25, 0.3) is 0 Å². The van der Waals surface area contributed by atoms with Crippen LogP contribution in [0.5, 0.6) is 0 Å². The molecule has 1 atom stereocenters. The van der Waals surface area contributed by atoms with Gasteiger partial charge < -0.3 is 9.47 Å². The Morgan fingerprint density at radius 2 is 1.12 bits per heavy atom. The Bertz CT molecular complexity index is 1050. The summed E-state index contributed by atoms with van der Waals surface area (Å²) in [5.74, 6) is -0.375. The number of rotatable bonds is 10. The molecule has 0 bridgehead atoms. The first-order chi connectivity index (χ1) is 16.7. The van der Waals surface area contributed by atoms with E-state index >= 15 is 0 Å². The Labute approximate surface area is 201 Å². The normalized spacial score (nSPS) is 12.1. The standard InChI is InChI=1S/C30H29NO3/c1-33-29(32)28(23-34-22-24-14-6-2-7-15-24)31-30(25-16-8-3-9-17-25,26-18-10-4-11-19-26)27-20-12-5-13-21-27/h2-21,28,31H,22-23H2,1H3/t28-/m0/s1. The molecule has 0 radical (unpaired) electrons. The van der Waals surface area contributed by atoms with Crippen molar-refractivity contribution in [3.8, 4) is 0 Å². The number of hydrogen-bond acceptors (Lipinski definition) is 4. The summed E-state index contributed by atoms with van der Waals surface area (Å²) in [6.45, 7) is 0.570. The number of methoxy groups -OCH3 is 1. The zero-order valence-corrected chi connectivity index (χ0v) is 19.3. The molecule has 0 fully saturated rings. The Morgan fingerprint density at radius 3 is 1.53 bits per heavy atom. The minimum Gasteiger partial charge on any atom is -0.468 e. The van der Waals surface area contributed by atoms with Gasteiger partial charge in [-0.25, -0.2) is 0 Å². The van der Waals surface area contributed by atoms with E-state index in [2.05, 4.69) is 41.7 Å². The maximum atomic E-state index is 13.0. The number of esters is 1. The molecule has 0 saturated heterocycles. The second kappa shape index (κ2) is 11.4. The quantitative estimate of drug-likeness (QED) is 0.262. The lowest BCUT2D eigenvalue weighted by atomic mass is 9.76. The summed E-state index contributed by atoms with van der Waals surface area (Å²) in [6.07, 6.45) is 0. The lowest BCUT2D eigenvalue weighted by molar-refractivity contribution is -0.145. The first kappa shape index (κ1) is 23.4. The molecular weight excluding hydrogens is 422 g/mol. The second-order valence-electron chi connectivity index (χ2n) is 8.07. The summed E-state index contributed by atoms with van der Waals surface area (Å²) in [5, 5.41) is 3.65. The molecule has 4 aromatic rings. The monoisotopic (exact) mass is 451 g/mol. The average molecular weight is 452 g/mol. The molecule has 4 rings (SSSR count). The zero-order valence-electron chi connectivity index (χ0n) is 19.3. The van der Waals surface area contributed by atoms with Crippen molar-refractivity contribution in [3.05, 3.63) is 144 Å². The van der Waals surface area contributed by atoms with E-state index in [1.807, 2.05) is 84.9 Å². The van der Waals surface area contributed by atoms with Gasteiger partial charge >= 0.3 is 5.97 Å². The van der Waals surface area contributed by atoms with E-state index in [1.165, 1.54) is 7.11 Å². The average Bonchev–Trinajstić information content (AvgIpc) is 2.92. The molecule has 0 aromatic heterocycles. The molecule has 0 aliphatic rings. The van der Waals surface area contributed by atoms with Crippen LogP contribution in [0.2, 0.25) is 0 Å². The smallest absolute Gasteiger partial charge is 0.325 e. The zero-order chi connectivity index (χ0) is 23.6. The largest absolute Gasteiger partial charge is 0.468 e. The van der Waals surface area contributed by atoms with Crippen LogP contribution in [-0.2, 0) is 26.4 Å². The fraction of sp³-hybridized carbons (Fsp3) is 0.167. The molecule has 0 unspecified atom stereocenters. The summed E-state index contributed by atoms with van der Waals surface area (Å²) in [7, 11) is 1.41. The van der Waals surface area contributed by atoms with E-state index in [1.54, 1.807) is 0 Å². The Balaban J connectivity index is 1.76. The highest BCUT2D eigenvalue weighted by molar-refractivity contribution is 5.76. The topological polar surface area (TPSA) is 47.6 Å². The fourth-order valence-electron chi connectivity index (χ4n) is 4.26. The van der Waals surface area contributed by atoms with Crippen molar-refractivity contribution in [2.45, 2.75) is 18.2 Å². The molecule has 172 valence electrons. The van der Waals surface area contributed by atoms with E-state index < -0.39 is 11.6 Å². The molecule has 0 amide bonds. The van der Waals surface area contributed by atoms with Gasteiger partial charge in [-0.05, 0) is 22.3 Å². The maximum Gasteiger partial charge on any atom is 0.325 e. The summed E-state index contributed by atoms with van der Waals surface area (Å²) >= 11 is 0. The lowest BCUT2D eigenvalue weighted by Crippen LogP contribution is -2.54. The summed E-state index contributed by atoms with van der Waals surface area (Å²) in [5.41, 5.74) is 3.31. The van der Waals surface area contributed by atoms with E-state index in [-0.39, 0.29) is 12.6 Å². The van der Waals surface area contributed by atoms with Crippen molar-refractivity contribution in [3.63, 3.8) is 0 Å². The highest BCUT2D eigenvalue weighted by Crippen LogP contribution is 2.37. The molecule has 0 aliphatic carbocycles. The summed E-state index contributed by atoms with van der Waals surface area (Å²) in [6, 6.07) is 39.7. The van der Waals surface area contributed by atoms with Crippen LogP contribution in [0.4, 0.5) is 0 Å². The molecule has 0 heterocycles. The highest BCUT2D eigenvalue weighted by atomic mass is 16.5. The number of hydrogen-bond donors (Lipinski definition) is 1. The molecule has 4 heteroatoms. The van der Waals surface area contributed by atoms with E-state index in [0.717, 1.165) is 22.3 Å². The predicted molar refractivity (Wildman–Crippen MR) is 134 cm³/mol. The predicted octanol–water partition coefficient (Wildman–Crippen LogP) is 5.33. The van der Waals surface area contributed by atoms with Crippen LogP contribution in [-0.4, -0.2) is 25.7 Å². The van der Waals surface area contributed by atoms with Crippen molar-refractivity contribution in [1.82, 2.24) is 5.32 Å². The summed E-state index contributed by atoms with van der Waals surface area (Å²) < 4.78 is 11.2. The van der Waals surface area contributed by atoms with Crippen LogP contribution in [0.1, 0.15) is 22.3 Å². The molecule has 4 aromatic carbocycles. The highest BCUT2D eigenvalue weighted by Gasteiger charge is 2.40. The van der Waals surface area contributed by atoms with Crippen molar-refractivity contribution in [2.24, 2.45) is 0 Å². The van der Waals surface area contributed by atoms with Gasteiger partial charge in [-0.3, -0.25) is 10.1 Å². The molecular formula is C30H29NO3. The Morgan fingerprint density at radius 1 is 0.706 bits per heavy atom. The van der Waals surface area contributed by atoms with Crippen LogP contribution >= 0.6 is 0 Å². The van der Waals surface area contributed by atoms with Crippen molar-refractivity contribution >= 4 is 5.97 Å². The van der Waals surface area contributed by atoms with Crippen molar-refractivity contribution in [2.75, 3.05) is 13.7 Å². The van der Waals surface area contributed by atoms with Crippen LogP contribution in [0.3, 0.4) is 0 Å². The van der Waals surface area contributed by atoms with E-state index in [4.69, 9.17) is 9.47 Å². The van der Waals surface area contributed by atoms with Gasteiger partial charge in [-0.2, -0.15) is 0 Å². The van der Waals surface area contributed by atoms with Gasteiger partial charge in [0.1, 0.15) is 6.04 Å². The minimum absolute atomic E-state index is 0.163. The Kier molecular flexibility index (Phi) is 7.87. The van der Waals surface area contributed by atoms with Gasteiger partial charge in [0.05, 0.1) is 25.9 Å². The molecule has 4 nitrogen and oxygen atoms in total. The third kappa shape index (κ3) is 5.25. The summed E-state index contributed by atoms with van der Waals surface area (Å²) in [4.78, 5) is 13.0. The van der Waals surface area contributed by atoms with Crippen LogP contribution < -0.4 is 5.32 Å². The second-order valence-corrected chi connectivity index (χ2v) is 8.07. The van der Waals surface area contributed by atoms with Crippen LogP contribution in [0.25, 0.3) is 0 Å². The van der Waals surface area contributed by atoms with Gasteiger partial charge in [0.15, 0.2) is 0 Å². The van der Waals surface area contributed by atoms with Gasteiger partial charge in [0.2, 0.25) is 0 Å². The molecule has 0 aliphatic heterocycles. The molecule has 0 saturated carbocycles. The van der Waals surface area contributed by atoms with Crippen LogP contribution in [0, 0.1) is 0 Å². The maximum absolute atomic E-state index is 13.0. The van der Waals surface area contributed by atoms with Crippen molar-refractivity contribution in [1.29, 1.82) is 0 Å². The Hall–Kier alpha value is -3.73. The molecule has 34 heavy (non-hydrogen) atoms. The fourth-order valence-corrected chi connectivity index (χ4v) is 4.26. The van der Waals surface area contributed by atoms with Gasteiger partial charge in [-0.1, -0.05) is 121 Å². The number of nitrogens with one attached hydrogen (secondary N) is 1. The van der Waals surface area contributed by atoms with Gasteiger partial charge in [-0.15, -0.1) is 0 Å².